The first-order valence-electron chi connectivity index (χ1n) is 5.09. The molecule has 2 rings (SSSR count). The normalized spacial score (nSPS) is 10.2. The molecule has 1 heterocycles. The topological polar surface area (TPSA) is 85.4 Å². The van der Waals surface area contributed by atoms with Gasteiger partial charge in [0.1, 0.15) is 11.5 Å². The SMILES string of the molecule is Nc1c(C(=O)O)ccnc1Oc1cc(F)ccc1F. The van der Waals surface area contributed by atoms with Gasteiger partial charge in [0.25, 0.3) is 0 Å². The summed E-state index contributed by atoms with van der Waals surface area (Å²) in [5, 5.41) is 8.86. The summed E-state index contributed by atoms with van der Waals surface area (Å²) in [6.07, 6.45) is 1.15. The first kappa shape index (κ1) is 12.7. The fraction of sp³-hybridized carbons (Fsp3) is 0. The molecule has 0 spiro atoms. The van der Waals surface area contributed by atoms with Gasteiger partial charge in [-0.25, -0.2) is 18.6 Å². The maximum Gasteiger partial charge on any atom is 0.338 e. The van der Waals surface area contributed by atoms with E-state index in [1.807, 2.05) is 0 Å². The minimum atomic E-state index is -1.27. The van der Waals surface area contributed by atoms with Gasteiger partial charge in [0, 0.05) is 12.3 Å². The zero-order chi connectivity index (χ0) is 14.0. The average molecular weight is 266 g/mol. The molecule has 0 unspecified atom stereocenters. The molecule has 0 aliphatic heterocycles. The number of hydrogen-bond donors (Lipinski definition) is 2. The number of carbonyl (C=O) groups is 1. The predicted octanol–water partition coefficient (Wildman–Crippen LogP) is 2.43. The lowest BCUT2D eigenvalue weighted by atomic mass is 10.2. The van der Waals surface area contributed by atoms with E-state index in [-0.39, 0.29) is 17.1 Å². The van der Waals surface area contributed by atoms with Gasteiger partial charge in [0.15, 0.2) is 11.6 Å². The molecule has 19 heavy (non-hydrogen) atoms. The Bertz CT molecular complexity index is 647. The molecular formula is C12H8F2N2O3. The molecule has 3 N–H and O–H groups in total. The molecule has 1 aromatic heterocycles. The van der Waals surface area contributed by atoms with Crippen LogP contribution in [-0.4, -0.2) is 16.1 Å². The number of aromatic carboxylic acids is 1. The van der Waals surface area contributed by atoms with Crippen molar-refractivity contribution in [3.05, 3.63) is 47.7 Å². The molecule has 0 atom stereocenters. The van der Waals surface area contributed by atoms with Crippen molar-refractivity contribution in [2.24, 2.45) is 0 Å². The number of carboxylic acid groups (broad SMARTS) is 1. The number of halogens is 2. The van der Waals surface area contributed by atoms with Gasteiger partial charge in [-0.1, -0.05) is 0 Å². The first-order valence-corrected chi connectivity index (χ1v) is 5.09. The Balaban J connectivity index is 2.41. The number of hydrogen-bond acceptors (Lipinski definition) is 4. The van der Waals surface area contributed by atoms with Crippen molar-refractivity contribution < 1.29 is 23.4 Å². The molecule has 0 amide bonds. The average Bonchev–Trinajstić information content (AvgIpc) is 2.36. The van der Waals surface area contributed by atoms with E-state index in [2.05, 4.69) is 4.98 Å². The fourth-order valence-corrected chi connectivity index (χ4v) is 1.38. The van der Waals surface area contributed by atoms with E-state index >= 15 is 0 Å². The number of aromatic nitrogens is 1. The highest BCUT2D eigenvalue weighted by Gasteiger charge is 2.15. The van der Waals surface area contributed by atoms with Crippen molar-refractivity contribution in [1.82, 2.24) is 4.98 Å². The smallest absolute Gasteiger partial charge is 0.338 e. The Morgan fingerprint density at radius 3 is 2.74 bits per heavy atom. The van der Waals surface area contributed by atoms with Gasteiger partial charge in [-0.05, 0) is 18.2 Å². The van der Waals surface area contributed by atoms with Crippen LogP contribution in [0.3, 0.4) is 0 Å². The van der Waals surface area contributed by atoms with Crippen molar-refractivity contribution in [2.75, 3.05) is 5.73 Å². The molecule has 7 heteroatoms. The van der Waals surface area contributed by atoms with Crippen LogP contribution in [0.25, 0.3) is 0 Å². The summed E-state index contributed by atoms with van der Waals surface area (Å²) in [5.74, 6) is -3.52. The van der Waals surface area contributed by atoms with Crippen molar-refractivity contribution in [3.63, 3.8) is 0 Å². The highest BCUT2D eigenvalue weighted by atomic mass is 19.1. The van der Waals surface area contributed by atoms with Crippen LogP contribution in [0.4, 0.5) is 14.5 Å². The number of nitrogen functional groups attached to an aromatic ring is 1. The number of nitrogens with zero attached hydrogens (tertiary/aromatic N) is 1. The van der Waals surface area contributed by atoms with Crippen LogP contribution in [0.15, 0.2) is 30.5 Å². The van der Waals surface area contributed by atoms with Crippen LogP contribution in [0, 0.1) is 11.6 Å². The molecular weight excluding hydrogens is 258 g/mol. The lowest BCUT2D eigenvalue weighted by molar-refractivity contribution is 0.0697. The van der Waals surface area contributed by atoms with Crippen LogP contribution in [0.2, 0.25) is 0 Å². The van der Waals surface area contributed by atoms with E-state index in [0.29, 0.717) is 0 Å². The molecule has 0 radical (unpaired) electrons. The summed E-state index contributed by atoms with van der Waals surface area (Å²) in [6.45, 7) is 0. The third kappa shape index (κ3) is 2.59. The zero-order valence-electron chi connectivity index (χ0n) is 9.43. The van der Waals surface area contributed by atoms with Gasteiger partial charge in [0.05, 0.1) is 5.56 Å². The second-order valence-electron chi connectivity index (χ2n) is 3.56. The Hall–Kier alpha value is -2.70. The van der Waals surface area contributed by atoms with Crippen molar-refractivity contribution in [3.8, 4) is 11.6 Å². The zero-order valence-corrected chi connectivity index (χ0v) is 9.43. The Morgan fingerprint density at radius 2 is 2.05 bits per heavy atom. The monoisotopic (exact) mass is 266 g/mol. The van der Waals surface area contributed by atoms with Gasteiger partial charge < -0.3 is 15.6 Å². The molecule has 0 aliphatic carbocycles. The number of pyridine rings is 1. The number of benzene rings is 1. The van der Waals surface area contributed by atoms with Crippen LogP contribution in [0.1, 0.15) is 10.4 Å². The predicted molar refractivity (Wildman–Crippen MR) is 62.0 cm³/mol. The van der Waals surface area contributed by atoms with Crippen LogP contribution >= 0.6 is 0 Å². The van der Waals surface area contributed by atoms with Crippen LogP contribution in [0.5, 0.6) is 11.6 Å². The molecule has 5 nitrogen and oxygen atoms in total. The molecule has 98 valence electrons. The summed E-state index contributed by atoms with van der Waals surface area (Å²) < 4.78 is 31.3. The highest BCUT2D eigenvalue weighted by Crippen LogP contribution is 2.29. The molecule has 1 aromatic carbocycles. The lowest BCUT2D eigenvalue weighted by Gasteiger charge is -2.09. The van der Waals surface area contributed by atoms with Crippen molar-refractivity contribution in [2.45, 2.75) is 0 Å². The van der Waals surface area contributed by atoms with Crippen LogP contribution in [-0.2, 0) is 0 Å². The largest absolute Gasteiger partial charge is 0.478 e. The molecule has 0 saturated heterocycles. The van der Waals surface area contributed by atoms with E-state index in [0.717, 1.165) is 24.4 Å². The van der Waals surface area contributed by atoms with E-state index in [9.17, 15) is 13.6 Å². The Labute approximate surface area is 106 Å². The number of ether oxygens (including phenoxy) is 1. The fourth-order valence-electron chi connectivity index (χ4n) is 1.38. The van der Waals surface area contributed by atoms with E-state index in [1.165, 1.54) is 6.07 Å². The van der Waals surface area contributed by atoms with Gasteiger partial charge in [-0.15, -0.1) is 0 Å². The highest BCUT2D eigenvalue weighted by molar-refractivity contribution is 5.94. The molecule has 0 aliphatic rings. The minimum absolute atomic E-state index is 0.234. The van der Waals surface area contributed by atoms with Crippen molar-refractivity contribution >= 4 is 11.7 Å². The molecule has 2 aromatic rings. The van der Waals surface area contributed by atoms with Gasteiger partial charge in [-0.3, -0.25) is 0 Å². The summed E-state index contributed by atoms with van der Waals surface area (Å²) >= 11 is 0. The summed E-state index contributed by atoms with van der Waals surface area (Å²) in [5.41, 5.74) is 5.04. The van der Waals surface area contributed by atoms with E-state index in [4.69, 9.17) is 15.6 Å². The summed E-state index contributed by atoms with van der Waals surface area (Å²) in [4.78, 5) is 14.5. The van der Waals surface area contributed by atoms with Gasteiger partial charge in [-0.2, -0.15) is 0 Å². The number of rotatable bonds is 3. The number of anilines is 1. The Morgan fingerprint density at radius 1 is 1.32 bits per heavy atom. The van der Waals surface area contributed by atoms with Gasteiger partial charge in [0.2, 0.25) is 5.88 Å². The standard InChI is InChI=1S/C12H8F2N2O3/c13-6-1-2-8(14)9(5-6)19-11-10(15)7(12(17)18)3-4-16-11/h1-5H,15H2,(H,17,18). The third-order valence-corrected chi connectivity index (χ3v) is 2.28. The minimum Gasteiger partial charge on any atom is -0.478 e. The van der Waals surface area contributed by atoms with Crippen LogP contribution < -0.4 is 10.5 Å². The Kier molecular flexibility index (Phi) is 3.28. The third-order valence-electron chi connectivity index (χ3n) is 2.28. The summed E-state index contributed by atoms with van der Waals surface area (Å²) in [7, 11) is 0. The maximum atomic E-state index is 13.4. The molecule has 0 saturated carbocycles. The lowest BCUT2D eigenvalue weighted by Crippen LogP contribution is -2.05. The first-order chi connectivity index (χ1) is 8.99. The number of nitrogens with two attached hydrogens (primary N) is 1. The number of carboxylic acids is 1. The van der Waals surface area contributed by atoms with E-state index < -0.39 is 23.4 Å². The second kappa shape index (κ2) is 4.89. The molecule has 0 fully saturated rings. The van der Waals surface area contributed by atoms with Crippen molar-refractivity contribution in [1.29, 1.82) is 0 Å². The molecule has 0 bridgehead atoms. The van der Waals surface area contributed by atoms with E-state index in [1.54, 1.807) is 0 Å². The van der Waals surface area contributed by atoms with Gasteiger partial charge >= 0.3 is 5.97 Å². The summed E-state index contributed by atoms with van der Waals surface area (Å²) in [6, 6.07) is 3.78. The maximum absolute atomic E-state index is 13.4. The quantitative estimate of drug-likeness (QED) is 0.891. The second-order valence-corrected chi connectivity index (χ2v) is 3.56.